The molecule has 2 heteroatoms. The van der Waals surface area contributed by atoms with E-state index in [0.717, 1.165) is 30.5 Å². The van der Waals surface area contributed by atoms with E-state index in [1.165, 1.54) is 0 Å². The smallest absolute Gasteiger partial charge is 0.126 e. The second-order valence-corrected chi connectivity index (χ2v) is 5.00. The van der Waals surface area contributed by atoms with Crippen LogP contribution in [-0.4, -0.2) is 12.6 Å². The summed E-state index contributed by atoms with van der Waals surface area (Å²) in [6, 6.07) is 6.06. The monoisotopic (exact) mass is 237 g/mol. The van der Waals surface area contributed by atoms with Crippen LogP contribution in [0, 0.1) is 12.7 Å². The van der Waals surface area contributed by atoms with Gasteiger partial charge in [-0.25, -0.2) is 4.39 Å². The van der Waals surface area contributed by atoms with Crippen LogP contribution in [0.3, 0.4) is 0 Å². The molecular weight excluding hydrogens is 213 g/mol. The quantitative estimate of drug-likeness (QED) is 0.788. The zero-order valence-corrected chi connectivity index (χ0v) is 11.4. The second kappa shape index (κ2) is 6.75. The highest BCUT2D eigenvalue weighted by molar-refractivity contribution is 5.25. The molecule has 0 aliphatic rings. The summed E-state index contributed by atoms with van der Waals surface area (Å²) in [5.41, 5.74) is 1.82. The van der Waals surface area contributed by atoms with Crippen molar-refractivity contribution in [2.75, 3.05) is 6.54 Å². The van der Waals surface area contributed by atoms with Gasteiger partial charge < -0.3 is 5.32 Å². The normalized spacial score (nSPS) is 14.6. The summed E-state index contributed by atoms with van der Waals surface area (Å²) in [6.07, 6.45) is 2.19. The standard InChI is InChI=1S/C15H24FN/c1-5-8-17-13(4)9-12(3)14-7-6-11(2)15(16)10-14/h6-7,10,12-13,17H,5,8-9H2,1-4H3. The van der Waals surface area contributed by atoms with Gasteiger partial charge in [-0.2, -0.15) is 0 Å². The molecule has 0 heterocycles. The summed E-state index contributed by atoms with van der Waals surface area (Å²) in [7, 11) is 0. The Balaban J connectivity index is 2.57. The van der Waals surface area contributed by atoms with E-state index in [0.29, 0.717) is 12.0 Å². The Kier molecular flexibility index (Phi) is 5.63. The van der Waals surface area contributed by atoms with Gasteiger partial charge in [0.05, 0.1) is 0 Å². The van der Waals surface area contributed by atoms with Crippen molar-refractivity contribution in [2.45, 2.75) is 52.5 Å². The maximum absolute atomic E-state index is 13.5. The van der Waals surface area contributed by atoms with Crippen molar-refractivity contribution in [2.24, 2.45) is 0 Å². The third-order valence-electron chi connectivity index (χ3n) is 3.21. The number of halogens is 1. The molecule has 0 amide bonds. The summed E-state index contributed by atoms with van der Waals surface area (Å²) in [5.74, 6) is 0.299. The molecular formula is C15H24FN. The number of benzene rings is 1. The molecule has 0 aliphatic heterocycles. The van der Waals surface area contributed by atoms with Gasteiger partial charge in [-0.05, 0) is 56.3 Å². The first-order chi connectivity index (χ1) is 8.04. The van der Waals surface area contributed by atoms with Crippen LogP contribution >= 0.6 is 0 Å². The summed E-state index contributed by atoms with van der Waals surface area (Å²) >= 11 is 0. The highest BCUT2D eigenvalue weighted by Gasteiger charge is 2.11. The lowest BCUT2D eigenvalue weighted by atomic mass is 9.93. The Bertz CT molecular complexity index is 349. The molecule has 1 aromatic carbocycles. The van der Waals surface area contributed by atoms with Gasteiger partial charge in [0, 0.05) is 6.04 Å². The molecule has 0 radical (unpaired) electrons. The molecule has 1 rings (SSSR count). The Labute approximate surface area is 104 Å². The van der Waals surface area contributed by atoms with Gasteiger partial charge in [0.1, 0.15) is 5.82 Å². The van der Waals surface area contributed by atoms with Crippen molar-refractivity contribution in [3.05, 3.63) is 35.1 Å². The van der Waals surface area contributed by atoms with Crippen LogP contribution in [0.5, 0.6) is 0 Å². The van der Waals surface area contributed by atoms with E-state index in [1.54, 1.807) is 13.0 Å². The van der Waals surface area contributed by atoms with Crippen molar-refractivity contribution < 1.29 is 4.39 Å². The molecule has 1 aromatic rings. The lowest BCUT2D eigenvalue weighted by Gasteiger charge is -2.19. The number of rotatable bonds is 6. The van der Waals surface area contributed by atoms with Crippen molar-refractivity contribution in [1.29, 1.82) is 0 Å². The summed E-state index contributed by atoms with van der Waals surface area (Å²) in [5, 5.41) is 3.47. The Hall–Kier alpha value is -0.890. The van der Waals surface area contributed by atoms with Crippen LogP contribution in [-0.2, 0) is 0 Å². The van der Waals surface area contributed by atoms with Crippen LogP contribution in [0.1, 0.15) is 50.7 Å². The van der Waals surface area contributed by atoms with Crippen LogP contribution in [0.4, 0.5) is 4.39 Å². The predicted octanol–water partition coefficient (Wildman–Crippen LogP) is 4.02. The van der Waals surface area contributed by atoms with E-state index < -0.39 is 0 Å². The highest BCUT2D eigenvalue weighted by Crippen LogP contribution is 2.22. The lowest BCUT2D eigenvalue weighted by Crippen LogP contribution is -2.28. The minimum absolute atomic E-state index is 0.0940. The molecule has 0 saturated carbocycles. The molecule has 0 saturated heterocycles. The van der Waals surface area contributed by atoms with Crippen molar-refractivity contribution in [3.8, 4) is 0 Å². The SMILES string of the molecule is CCCNC(C)CC(C)c1ccc(C)c(F)c1. The number of hydrogen-bond acceptors (Lipinski definition) is 1. The van der Waals surface area contributed by atoms with Gasteiger partial charge in [0.25, 0.3) is 0 Å². The van der Waals surface area contributed by atoms with Gasteiger partial charge in [-0.15, -0.1) is 0 Å². The first-order valence-electron chi connectivity index (χ1n) is 6.54. The number of aryl methyl sites for hydroxylation is 1. The van der Waals surface area contributed by atoms with Gasteiger partial charge in [-0.1, -0.05) is 26.0 Å². The predicted molar refractivity (Wildman–Crippen MR) is 71.9 cm³/mol. The Morgan fingerprint density at radius 2 is 2.00 bits per heavy atom. The highest BCUT2D eigenvalue weighted by atomic mass is 19.1. The molecule has 0 aromatic heterocycles. The topological polar surface area (TPSA) is 12.0 Å². The van der Waals surface area contributed by atoms with Crippen LogP contribution < -0.4 is 5.32 Å². The zero-order chi connectivity index (χ0) is 12.8. The molecule has 0 bridgehead atoms. The van der Waals surface area contributed by atoms with Crippen LogP contribution in [0.15, 0.2) is 18.2 Å². The summed E-state index contributed by atoms with van der Waals surface area (Å²) in [4.78, 5) is 0. The number of hydrogen-bond donors (Lipinski definition) is 1. The van der Waals surface area contributed by atoms with E-state index in [2.05, 4.69) is 26.1 Å². The van der Waals surface area contributed by atoms with E-state index in [4.69, 9.17) is 0 Å². The average molecular weight is 237 g/mol. The fourth-order valence-electron chi connectivity index (χ4n) is 2.06. The molecule has 1 N–H and O–H groups in total. The molecule has 0 spiro atoms. The van der Waals surface area contributed by atoms with Crippen LogP contribution in [0.2, 0.25) is 0 Å². The van der Waals surface area contributed by atoms with Gasteiger partial charge >= 0.3 is 0 Å². The third-order valence-corrected chi connectivity index (χ3v) is 3.21. The second-order valence-electron chi connectivity index (χ2n) is 5.00. The average Bonchev–Trinajstić information content (AvgIpc) is 2.30. The Morgan fingerprint density at radius 3 is 2.59 bits per heavy atom. The largest absolute Gasteiger partial charge is 0.314 e. The third kappa shape index (κ3) is 4.47. The number of nitrogens with one attached hydrogen (secondary N) is 1. The minimum Gasteiger partial charge on any atom is -0.314 e. The van der Waals surface area contributed by atoms with Crippen LogP contribution in [0.25, 0.3) is 0 Å². The fourth-order valence-corrected chi connectivity index (χ4v) is 2.06. The van der Waals surface area contributed by atoms with Crippen molar-refractivity contribution in [3.63, 3.8) is 0 Å². The molecule has 1 nitrogen and oxygen atoms in total. The van der Waals surface area contributed by atoms with Gasteiger partial charge in [0.15, 0.2) is 0 Å². The van der Waals surface area contributed by atoms with E-state index >= 15 is 0 Å². The lowest BCUT2D eigenvalue weighted by molar-refractivity contribution is 0.477. The zero-order valence-electron chi connectivity index (χ0n) is 11.4. The molecule has 2 unspecified atom stereocenters. The van der Waals surface area contributed by atoms with Gasteiger partial charge in [0.2, 0.25) is 0 Å². The molecule has 17 heavy (non-hydrogen) atoms. The molecule has 0 aliphatic carbocycles. The maximum Gasteiger partial charge on any atom is 0.126 e. The molecule has 2 atom stereocenters. The molecule has 96 valence electrons. The summed E-state index contributed by atoms with van der Waals surface area (Å²) < 4.78 is 13.5. The first kappa shape index (κ1) is 14.2. The fraction of sp³-hybridized carbons (Fsp3) is 0.600. The van der Waals surface area contributed by atoms with Crippen molar-refractivity contribution in [1.82, 2.24) is 5.32 Å². The molecule has 0 fully saturated rings. The summed E-state index contributed by atoms with van der Waals surface area (Å²) in [6.45, 7) is 9.37. The first-order valence-corrected chi connectivity index (χ1v) is 6.54. The van der Waals surface area contributed by atoms with Crippen molar-refractivity contribution >= 4 is 0 Å². The Morgan fingerprint density at radius 1 is 1.29 bits per heavy atom. The van der Waals surface area contributed by atoms with E-state index in [1.807, 2.05) is 12.1 Å². The van der Waals surface area contributed by atoms with E-state index in [9.17, 15) is 4.39 Å². The van der Waals surface area contributed by atoms with Gasteiger partial charge in [-0.3, -0.25) is 0 Å². The minimum atomic E-state index is -0.0940. The van der Waals surface area contributed by atoms with E-state index in [-0.39, 0.29) is 5.82 Å². The maximum atomic E-state index is 13.5.